The number of hydrogen-bond donors (Lipinski definition) is 2. The van der Waals surface area contributed by atoms with Crippen LogP contribution in [-0.2, 0) is 6.54 Å². The first-order valence-corrected chi connectivity index (χ1v) is 4.13. The summed E-state index contributed by atoms with van der Waals surface area (Å²) in [6, 6.07) is 10.7. The normalized spacial score (nSPS) is 9.85. The maximum atomic E-state index is 4.11. The molecule has 1 radical (unpaired) electrons. The third kappa shape index (κ3) is 2.08. The zero-order valence-electron chi connectivity index (χ0n) is 7.12. The standard InChI is InChI=1S/C10H10N3/c1-2-4-9(5-3-1)13-8-10-11-6-7-12-10/h2-7,13H,8H2,(H,11,12). The van der Waals surface area contributed by atoms with Crippen molar-refractivity contribution in [3.05, 3.63) is 48.5 Å². The molecule has 13 heavy (non-hydrogen) atoms. The fourth-order valence-electron chi connectivity index (χ4n) is 1.09. The van der Waals surface area contributed by atoms with Gasteiger partial charge in [-0.1, -0.05) is 12.1 Å². The molecule has 0 spiro atoms. The van der Waals surface area contributed by atoms with E-state index in [2.05, 4.69) is 21.4 Å². The van der Waals surface area contributed by atoms with Gasteiger partial charge in [-0.15, -0.1) is 0 Å². The zero-order valence-corrected chi connectivity index (χ0v) is 7.12. The van der Waals surface area contributed by atoms with Gasteiger partial charge >= 0.3 is 0 Å². The molecule has 0 aliphatic carbocycles. The summed E-state index contributed by atoms with van der Waals surface area (Å²) in [5, 5.41) is 3.23. The molecule has 2 rings (SSSR count). The van der Waals surface area contributed by atoms with Crippen LogP contribution < -0.4 is 5.32 Å². The molecule has 0 fully saturated rings. The Balaban J connectivity index is 1.94. The third-order valence-corrected chi connectivity index (χ3v) is 1.73. The molecule has 0 atom stereocenters. The van der Waals surface area contributed by atoms with Crippen LogP contribution in [0.3, 0.4) is 0 Å². The number of nitrogens with one attached hydrogen (secondary N) is 2. The molecular weight excluding hydrogens is 162 g/mol. The Labute approximate surface area is 76.8 Å². The lowest BCUT2D eigenvalue weighted by Crippen LogP contribution is -2.00. The fourth-order valence-corrected chi connectivity index (χ4v) is 1.09. The summed E-state index contributed by atoms with van der Waals surface area (Å²) in [6.07, 6.45) is 3.56. The molecule has 2 aromatic rings. The van der Waals surface area contributed by atoms with Crippen molar-refractivity contribution in [1.29, 1.82) is 0 Å². The average Bonchev–Trinajstić information content (AvgIpc) is 2.69. The van der Waals surface area contributed by atoms with Crippen LogP contribution in [0, 0.1) is 6.07 Å². The van der Waals surface area contributed by atoms with Gasteiger partial charge in [-0.2, -0.15) is 0 Å². The number of H-pyrrole nitrogens is 1. The number of hydrogen-bond acceptors (Lipinski definition) is 2. The molecular formula is C10H10N3. The molecule has 0 saturated heterocycles. The van der Waals surface area contributed by atoms with E-state index in [9.17, 15) is 0 Å². The van der Waals surface area contributed by atoms with Crippen LogP contribution in [0.25, 0.3) is 0 Å². The average molecular weight is 172 g/mol. The number of imidazole rings is 1. The molecule has 3 nitrogen and oxygen atoms in total. The monoisotopic (exact) mass is 172 g/mol. The largest absolute Gasteiger partial charge is 0.378 e. The molecule has 0 aliphatic rings. The predicted molar refractivity (Wildman–Crippen MR) is 51.2 cm³/mol. The van der Waals surface area contributed by atoms with Crippen molar-refractivity contribution >= 4 is 5.69 Å². The molecule has 1 aromatic carbocycles. The molecule has 1 aromatic heterocycles. The maximum absolute atomic E-state index is 4.11. The van der Waals surface area contributed by atoms with Crippen LogP contribution in [0.5, 0.6) is 0 Å². The van der Waals surface area contributed by atoms with Crippen LogP contribution in [0.2, 0.25) is 0 Å². The van der Waals surface area contributed by atoms with Crippen molar-refractivity contribution in [2.24, 2.45) is 0 Å². The summed E-state index contributed by atoms with van der Waals surface area (Å²) in [5.41, 5.74) is 1.08. The molecule has 0 aliphatic heterocycles. The van der Waals surface area contributed by atoms with Crippen molar-refractivity contribution in [2.75, 3.05) is 5.32 Å². The second kappa shape index (κ2) is 3.76. The van der Waals surface area contributed by atoms with E-state index in [1.165, 1.54) is 0 Å². The maximum Gasteiger partial charge on any atom is 0.125 e. The molecule has 65 valence electrons. The lowest BCUT2D eigenvalue weighted by Gasteiger charge is -2.02. The third-order valence-electron chi connectivity index (χ3n) is 1.73. The van der Waals surface area contributed by atoms with E-state index < -0.39 is 0 Å². The second-order valence-electron chi connectivity index (χ2n) is 2.68. The zero-order chi connectivity index (χ0) is 8.93. The van der Waals surface area contributed by atoms with Crippen molar-refractivity contribution in [3.8, 4) is 0 Å². The summed E-state index contributed by atoms with van der Waals surface area (Å²) in [6.45, 7) is 0.719. The lowest BCUT2D eigenvalue weighted by molar-refractivity contribution is 1.00. The first-order chi connectivity index (χ1) is 6.45. The van der Waals surface area contributed by atoms with Crippen LogP contribution in [0.4, 0.5) is 5.69 Å². The van der Waals surface area contributed by atoms with E-state index >= 15 is 0 Å². The Morgan fingerprint density at radius 2 is 2.23 bits per heavy atom. The van der Waals surface area contributed by atoms with Gasteiger partial charge in [0, 0.05) is 18.1 Å². The molecule has 0 bridgehead atoms. The first kappa shape index (κ1) is 7.86. The topological polar surface area (TPSA) is 40.7 Å². The van der Waals surface area contributed by atoms with Gasteiger partial charge in [-0.3, -0.25) is 0 Å². The minimum absolute atomic E-state index is 0.719. The Morgan fingerprint density at radius 1 is 1.38 bits per heavy atom. The molecule has 0 amide bonds. The van der Waals surface area contributed by atoms with E-state index in [0.717, 1.165) is 18.1 Å². The van der Waals surface area contributed by atoms with Gasteiger partial charge in [0.2, 0.25) is 0 Å². The van der Waals surface area contributed by atoms with E-state index in [0.29, 0.717) is 0 Å². The molecule has 1 heterocycles. The van der Waals surface area contributed by atoms with Gasteiger partial charge in [0.15, 0.2) is 0 Å². The van der Waals surface area contributed by atoms with Crippen LogP contribution >= 0.6 is 0 Å². The fraction of sp³-hybridized carbons (Fsp3) is 0.100. The van der Waals surface area contributed by atoms with Crippen molar-refractivity contribution in [3.63, 3.8) is 0 Å². The SMILES string of the molecule is [c]1ccc(NCc2ncc[nH]2)cc1. The minimum atomic E-state index is 0.719. The van der Waals surface area contributed by atoms with Crippen molar-refractivity contribution in [2.45, 2.75) is 6.54 Å². The summed E-state index contributed by atoms with van der Waals surface area (Å²) in [5.74, 6) is 0.938. The highest BCUT2D eigenvalue weighted by Gasteiger charge is 1.93. The summed E-state index contributed by atoms with van der Waals surface area (Å²) in [7, 11) is 0. The number of rotatable bonds is 3. The van der Waals surface area contributed by atoms with Crippen molar-refractivity contribution in [1.82, 2.24) is 9.97 Å². The molecule has 3 heteroatoms. The number of benzene rings is 1. The minimum Gasteiger partial charge on any atom is -0.378 e. The highest BCUT2D eigenvalue weighted by atomic mass is 15.0. The van der Waals surface area contributed by atoms with Gasteiger partial charge in [0.25, 0.3) is 0 Å². The Kier molecular flexibility index (Phi) is 2.27. The van der Waals surface area contributed by atoms with E-state index in [1.54, 1.807) is 6.20 Å². The Hall–Kier alpha value is -1.77. The smallest absolute Gasteiger partial charge is 0.125 e. The van der Waals surface area contributed by atoms with Crippen LogP contribution in [-0.4, -0.2) is 9.97 Å². The van der Waals surface area contributed by atoms with Crippen molar-refractivity contribution < 1.29 is 0 Å². The Morgan fingerprint density at radius 3 is 2.92 bits per heavy atom. The van der Waals surface area contributed by atoms with Crippen LogP contribution in [0.15, 0.2) is 36.7 Å². The Bertz CT molecular complexity index is 340. The number of anilines is 1. The second-order valence-corrected chi connectivity index (χ2v) is 2.68. The molecule has 2 N–H and O–H groups in total. The van der Waals surface area contributed by atoms with Gasteiger partial charge in [-0.05, 0) is 18.2 Å². The molecule has 0 saturated carbocycles. The highest BCUT2D eigenvalue weighted by molar-refractivity contribution is 5.42. The quantitative estimate of drug-likeness (QED) is 0.741. The number of aromatic nitrogens is 2. The van der Waals surface area contributed by atoms with Crippen LogP contribution in [0.1, 0.15) is 5.82 Å². The van der Waals surface area contributed by atoms with E-state index in [4.69, 9.17) is 0 Å². The first-order valence-electron chi connectivity index (χ1n) is 4.13. The summed E-state index contributed by atoms with van der Waals surface area (Å²) >= 11 is 0. The predicted octanol–water partition coefficient (Wildman–Crippen LogP) is 1.82. The summed E-state index contributed by atoms with van der Waals surface area (Å²) < 4.78 is 0. The molecule has 0 unspecified atom stereocenters. The van der Waals surface area contributed by atoms with Gasteiger partial charge < -0.3 is 10.3 Å². The highest BCUT2D eigenvalue weighted by Crippen LogP contribution is 2.05. The van der Waals surface area contributed by atoms with E-state index in [1.807, 2.05) is 30.5 Å². The van der Waals surface area contributed by atoms with Gasteiger partial charge in [0.05, 0.1) is 6.54 Å². The lowest BCUT2D eigenvalue weighted by atomic mass is 10.3. The number of nitrogens with zero attached hydrogens (tertiary/aromatic N) is 1. The number of aromatic amines is 1. The summed E-state index contributed by atoms with van der Waals surface area (Å²) in [4.78, 5) is 7.13. The van der Waals surface area contributed by atoms with Gasteiger partial charge in [0.1, 0.15) is 5.82 Å². The van der Waals surface area contributed by atoms with E-state index in [-0.39, 0.29) is 0 Å². The van der Waals surface area contributed by atoms with Gasteiger partial charge in [-0.25, -0.2) is 4.98 Å².